The van der Waals surface area contributed by atoms with E-state index in [1.807, 2.05) is 59.3 Å². The number of carbonyl (C=O) groups is 1. The summed E-state index contributed by atoms with van der Waals surface area (Å²) in [4.78, 5) is 14.0. The molecule has 1 aromatic carbocycles. The summed E-state index contributed by atoms with van der Waals surface area (Å²) in [5.74, 6) is 0.500. The molecule has 0 aliphatic rings. The number of thiophene rings is 2. The van der Waals surface area contributed by atoms with Crippen LogP contribution in [-0.2, 0) is 11.3 Å². The number of para-hydroxylation sites is 1. The topological polar surface area (TPSA) is 58.6 Å². The van der Waals surface area contributed by atoms with Crippen molar-refractivity contribution in [2.45, 2.75) is 25.7 Å². The van der Waals surface area contributed by atoms with E-state index >= 15 is 0 Å². The zero-order valence-corrected chi connectivity index (χ0v) is 15.3. The van der Waals surface area contributed by atoms with Gasteiger partial charge in [0.1, 0.15) is 11.9 Å². The molecule has 2 heterocycles. The summed E-state index contributed by atoms with van der Waals surface area (Å²) in [6.45, 7) is 2.14. The van der Waals surface area contributed by atoms with Gasteiger partial charge >= 0.3 is 0 Å². The third-order valence-corrected chi connectivity index (χ3v) is 5.51. The maximum absolute atomic E-state index is 12.2. The molecule has 0 unspecified atom stereocenters. The van der Waals surface area contributed by atoms with Gasteiger partial charge in [-0.05, 0) is 53.6 Å². The van der Waals surface area contributed by atoms with Crippen molar-refractivity contribution in [2.24, 2.45) is 0 Å². The number of aliphatic hydroxyl groups is 1. The number of hydrogen-bond donors (Lipinski definition) is 2. The van der Waals surface area contributed by atoms with Gasteiger partial charge in [-0.1, -0.05) is 18.2 Å². The van der Waals surface area contributed by atoms with Crippen molar-refractivity contribution in [1.82, 2.24) is 5.32 Å². The van der Waals surface area contributed by atoms with E-state index in [0.29, 0.717) is 12.3 Å². The molecule has 3 rings (SSSR count). The number of amides is 1. The van der Waals surface area contributed by atoms with Crippen molar-refractivity contribution in [3.8, 4) is 5.75 Å². The van der Waals surface area contributed by atoms with Crippen LogP contribution in [0.4, 0.5) is 0 Å². The van der Waals surface area contributed by atoms with E-state index in [-0.39, 0.29) is 5.91 Å². The van der Waals surface area contributed by atoms with Gasteiger partial charge in [0.2, 0.25) is 0 Å². The first-order valence-electron chi connectivity index (χ1n) is 7.91. The van der Waals surface area contributed by atoms with E-state index in [0.717, 1.165) is 15.3 Å². The van der Waals surface area contributed by atoms with Gasteiger partial charge in [0.25, 0.3) is 5.91 Å². The molecule has 0 fully saturated rings. The second-order valence-electron chi connectivity index (χ2n) is 5.55. The Morgan fingerprint density at radius 3 is 2.72 bits per heavy atom. The van der Waals surface area contributed by atoms with Gasteiger partial charge in [-0.15, -0.1) is 11.3 Å². The highest BCUT2D eigenvalue weighted by Crippen LogP contribution is 2.29. The maximum atomic E-state index is 12.2. The van der Waals surface area contributed by atoms with Gasteiger partial charge in [-0.3, -0.25) is 4.79 Å². The van der Waals surface area contributed by atoms with Crippen LogP contribution in [0.2, 0.25) is 0 Å². The van der Waals surface area contributed by atoms with Crippen LogP contribution in [0.1, 0.15) is 28.3 Å². The van der Waals surface area contributed by atoms with E-state index in [2.05, 4.69) is 5.32 Å². The summed E-state index contributed by atoms with van der Waals surface area (Å²) in [6, 6.07) is 15.0. The molecular formula is C19H19NO3S2. The van der Waals surface area contributed by atoms with Gasteiger partial charge < -0.3 is 15.2 Å². The van der Waals surface area contributed by atoms with Crippen LogP contribution in [0.3, 0.4) is 0 Å². The Morgan fingerprint density at radius 1 is 1.20 bits per heavy atom. The molecule has 4 nitrogen and oxygen atoms in total. The van der Waals surface area contributed by atoms with E-state index in [1.165, 1.54) is 11.3 Å². The second-order valence-corrected chi connectivity index (χ2v) is 7.53. The minimum Gasteiger partial charge on any atom is -0.481 e. The third-order valence-electron chi connectivity index (χ3n) is 3.67. The van der Waals surface area contributed by atoms with Crippen molar-refractivity contribution in [2.75, 3.05) is 0 Å². The molecule has 0 aliphatic heterocycles. The number of ether oxygens (including phenoxy) is 1. The third kappa shape index (κ3) is 4.69. The zero-order valence-electron chi connectivity index (χ0n) is 13.7. The Hall–Kier alpha value is -2.15. The second kappa shape index (κ2) is 8.29. The molecule has 25 heavy (non-hydrogen) atoms. The fourth-order valence-corrected chi connectivity index (χ4v) is 3.95. The molecule has 0 aliphatic carbocycles. The lowest BCUT2D eigenvalue weighted by atomic mass is 10.2. The zero-order chi connectivity index (χ0) is 17.6. The largest absolute Gasteiger partial charge is 0.481 e. The molecule has 6 heteroatoms. The van der Waals surface area contributed by atoms with Crippen molar-refractivity contribution in [1.29, 1.82) is 0 Å². The molecule has 3 aromatic rings. The molecule has 1 amide bonds. The summed E-state index contributed by atoms with van der Waals surface area (Å²) >= 11 is 3.06. The van der Waals surface area contributed by atoms with Gasteiger partial charge in [0.05, 0.1) is 6.54 Å². The Kier molecular flexibility index (Phi) is 5.86. The van der Waals surface area contributed by atoms with Crippen molar-refractivity contribution >= 4 is 28.6 Å². The molecule has 0 saturated carbocycles. The number of hydrogen-bond acceptors (Lipinski definition) is 5. The monoisotopic (exact) mass is 373 g/mol. The SMILES string of the molecule is C[C@H](Oc1ccccc1)C(=O)NCc1ccc([C@@H](O)c2ccsc2)s1. The summed E-state index contributed by atoms with van der Waals surface area (Å²) in [5, 5.41) is 17.1. The molecule has 2 N–H and O–H groups in total. The fourth-order valence-electron chi connectivity index (χ4n) is 2.31. The number of benzene rings is 1. The van der Waals surface area contributed by atoms with E-state index in [4.69, 9.17) is 4.74 Å². The van der Waals surface area contributed by atoms with Crippen LogP contribution in [0.15, 0.2) is 59.3 Å². The van der Waals surface area contributed by atoms with Gasteiger partial charge in [0.15, 0.2) is 6.10 Å². The Balaban J connectivity index is 1.52. The highest BCUT2D eigenvalue weighted by atomic mass is 32.1. The lowest BCUT2D eigenvalue weighted by molar-refractivity contribution is -0.127. The molecular weight excluding hydrogens is 354 g/mol. The van der Waals surface area contributed by atoms with E-state index in [1.54, 1.807) is 18.3 Å². The Labute approximate surface area is 154 Å². The predicted octanol–water partition coefficient (Wildman–Crippen LogP) is 3.98. The Bertz CT molecular complexity index is 799. The number of aliphatic hydroxyl groups excluding tert-OH is 1. The standard InChI is InChI=1S/C19H19NO3S2/c1-13(23-15-5-3-2-4-6-15)19(22)20-11-16-7-8-17(25-16)18(21)14-9-10-24-12-14/h2-10,12-13,18,21H,11H2,1H3,(H,20,22)/t13-,18-/m0/s1. The summed E-state index contributed by atoms with van der Waals surface area (Å²) in [7, 11) is 0. The van der Waals surface area contributed by atoms with E-state index in [9.17, 15) is 9.90 Å². The summed E-state index contributed by atoms with van der Waals surface area (Å²) in [6.07, 6.45) is -1.18. The van der Waals surface area contributed by atoms with Crippen LogP contribution in [0.25, 0.3) is 0 Å². The molecule has 0 radical (unpaired) electrons. The summed E-state index contributed by atoms with van der Waals surface area (Å²) in [5.41, 5.74) is 0.896. The fraction of sp³-hybridized carbons (Fsp3) is 0.211. The van der Waals surface area contributed by atoms with Crippen molar-refractivity contribution in [3.63, 3.8) is 0 Å². The number of rotatable bonds is 7. The first-order valence-corrected chi connectivity index (χ1v) is 9.67. The van der Waals surface area contributed by atoms with Crippen LogP contribution in [0.5, 0.6) is 5.75 Å². The van der Waals surface area contributed by atoms with Crippen LogP contribution >= 0.6 is 22.7 Å². The van der Waals surface area contributed by atoms with Crippen LogP contribution < -0.4 is 10.1 Å². The predicted molar refractivity (Wildman–Crippen MR) is 101 cm³/mol. The molecule has 2 aromatic heterocycles. The number of nitrogens with one attached hydrogen (secondary N) is 1. The van der Waals surface area contributed by atoms with Crippen molar-refractivity contribution < 1.29 is 14.6 Å². The Morgan fingerprint density at radius 2 is 2.00 bits per heavy atom. The minimum atomic E-state index is -0.610. The van der Waals surface area contributed by atoms with Crippen LogP contribution in [0, 0.1) is 0 Å². The molecule has 0 bridgehead atoms. The van der Waals surface area contributed by atoms with Crippen molar-refractivity contribution in [3.05, 3.63) is 74.6 Å². The maximum Gasteiger partial charge on any atom is 0.261 e. The van der Waals surface area contributed by atoms with Gasteiger partial charge in [-0.2, -0.15) is 11.3 Å². The molecule has 0 spiro atoms. The average Bonchev–Trinajstić information content (AvgIpc) is 3.32. The molecule has 0 saturated heterocycles. The first kappa shape index (κ1) is 17.7. The van der Waals surface area contributed by atoms with Gasteiger partial charge in [-0.25, -0.2) is 0 Å². The smallest absolute Gasteiger partial charge is 0.261 e. The molecule has 2 atom stereocenters. The lowest BCUT2D eigenvalue weighted by Crippen LogP contribution is -2.35. The number of carbonyl (C=O) groups excluding carboxylic acids is 1. The minimum absolute atomic E-state index is 0.169. The normalized spacial score (nSPS) is 13.2. The highest BCUT2D eigenvalue weighted by Gasteiger charge is 2.16. The molecule has 130 valence electrons. The quantitative estimate of drug-likeness (QED) is 0.659. The van der Waals surface area contributed by atoms with Crippen LogP contribution in [-0.4, -0.2) is 17.1 Å². The summed E-state index contributed by atoms with van der Waals surface area (Å²) < 4.78 is 5.61. The van der Waals surface area contributed by atoms with Gasteiger partial charge in [0, 0.05) is 9.75 Å². The highest BCUT2D eigenvalue weighted by molar-refractivity contribution is 7.12. The first-order chi connectivity index (χ1) is 12.1. The average molecular weight is 373 g/mol. The lowest BCUT2D eigenvalue weighted by Gasteiger charge is -2.14. The van der Waals surface area contributed by atoms with E-state index < -0.39 is 12.2 Å².